The van der Waals surface area contributed by atoms with Crippen LogP contribution in [-0.4, -0.2) is 27.2 Å². The third-order valence-corrected chi connectivity index (χ3v) is 2.96. The van der Waals surface area contributed by atoms with Gasteiger partial charge in [-0.2, -0.15) is 0 Å². The molecule has 1 aliphatic rings. The molecule has 1 saturated carbocycles. The van der Waals surface area contributed by atoms with Crippen LogP contribution in [0.15, 0.2) is 6.07 Å². The number of rotatable bonds is 5. The van der Waals surface area contributed by atoms with E-state index in [-0.39, 0.29) is 18.1 Å². The van der Waals surface area contributed by atoms with Crippen LogP contribution in [0.3, 0.4) is 0 Å². The zero-order chi connectivity index (χ0) is 12.5. The maximum Gasteiger partial charge on any atom is 0.145 e. The zero-order valence-electron chi connectivity index (χ0n) is 10.2. The van der Waals surface area contributed by atoms with Crippen LogP contribution in [0.25, 0.3) is 0 Å². The summed E-state index contributed by atoms with van der Waals surface area (Å²) in [6, 6.07) is 1.75. The van der Waals surface area contributed by atoms with E-state index in [2.05, 4.69) is 20.7 Å². The van der Waals surface area contributed by atoms with Gasteiger partial charge in [-0.1, -0.05) is 13.8 Å². The van der Waals surface area contributed by atoms with Gasteiger partial charge in [0.05, 0.1) is 12.1 Å². The molecule has 17 heavy (non-hydrogen) atoms. The molecule has 0 bridgehead atoms. The fourth-order valence-electron chi connectivity index (χ4n) is 1.61. The summed E-state index contributed by atoms with van der Waals surface area (Å²) in [5.41, 5.74) is 2.35. The number of hydrogen-bond acceptors (Lipinski definition) is 6. The molecule has 0 amide bonds. The zero-order valence-corrected chi connectivity index (χ0v) is 10.2. The molecular formula is C11H19N5O. The predicted octanol–water partition coefficient (Wildman–Crippen LogP) is 0.822. The molecule has 5 N–H and O–H groups in total. The first kappa shape index (κ1) is 12.1. The fraction of sp³-hybridized carbons (Fsp3) is 0.636. The molecule has 2 rings (SSSR count). The first-order chi connectivity index (χ1) is 8.08. The second-order valence-electron chi connectivity index (χ2n) is 4.86. The number of aliphatic hydroxyl groups excluding tert-OH is 1. The van der Waals surface area contributed by atoms with Crippen molar-refractivity contribution >= 4 is 11.6 Å². The van der Waals surface area contributed by atoms with E-state index in [0.29, 0.717) is 11.6 Å². The summed E-state index contributed by atoms with van der Waals surface area (Å²) in [4.78, 5) is 8.70. The SMILES string of the molecule is CC(C)c1nc(NN)cc(NC2(CO)CC2)n1. The highest BCUT2D eigenvalue weighted by Gasteiger charge is 2.42. The minimum atomic E-state index is -0.186. The first-order valence-electron chi connectivity index (χ1n) is 5.83. The van der Waals surface area contributed by atoms with E-state index in [1.807, 2.05) is 13.8 Å². The lowest BCUT2D eigenvalue weighted by molar-refractivity contribution is 0.266. The maximum atomic E-state index is 9.28. The van der Waals surface area contributed by atoms with Crippen LogP contribution in [0, 0.1) is 0 Å². The van der Waals surface area contributed by atoms with Crippen molar-refractivity contribution in [3.05, 3.63) is 11.9 Å². The normalized spacial score (nSPS) is 17.0. The van der Waals surface area contributed by atoms with Gasteiger partial charge in [0.25, 0.3) is 0 Å². The summed E-state index contributed by atoms with van der Waals surface area (Å²) in [7, 11) is 0. The van der Waals surface area contributed by atoms with Crippen LogP contribution in [0.1, 0.15) is 38.4 Å². The molecule has 6 nitrogen and oxygen atoms in total. The molecule has 0 saturated heterocycles. The van der Waals surface area contributed by atoms with Gasteiger partial charge >= 0.3 is 0 Å². The van der Waals surface area contributed by atoms with E-state index in [4.69, 9.17) is 5.84 Å². The van der Waals surface area contributed by atoms with Gasteiger partial charge in [0.1, 0.15) is 17.5 Å². The standard InChI is InChI=1S/C11H19N5O/c1-7(2)10-13-8(5-9(14-10)16-12)15-11(6-17)3-4-11/h5,7,17H,3-4,6,12H2,1-2H3,(H2,13,14,15,16). The summed E-state index contributed by atoms with van der Waals surface area (Å²) in [6.45, 7) is 4.18. The van der Waals surface area contributed by atoms with Crippen molar-refractivity contribution in [2.75, 3.05) is 17.3 Å². The van der Waals surface area contributed by atoms with Crippen LogP contribution in [0.4, 0.5) is 11.6 Å². The number of nitrogens with zero attached hydrogens (tertiary/aromatic N) is 2. The van der Waals surface area contributed by atoms with E-state index in [1.54, 1.807) is 6.07 Å². The van der Waals surface area contributed by atoms with Gasteiger partial charge in [-0.05, 0) is 12.8 Å². The van der Waals surface area contributed by atoms with Crippen molar-refractivity contribution in [1.82, 2.24) is 9.97 Å². The van der Waals surface area contributed by atoms with E-state index in [1.165, 1.54) is 0 Å². The molecule has 1 aromatic rings. The van der Waals surface area contributed by atoms with Crippen LogP contribution < -0.4 is 16.6 Å². The van der Waals surface area contributed by atoms with Crippen molar-refractivity contribution in [2.24, 2.45) is 5.84 Å². The van der Waals surface area contributed by atoms with Gasteiger partial charge in [0.2, 0.25) is 0 Å². The molecule has 0 aliphatic heterocycles. The Balaban J connectivity index is 2.23. The number of nitrogens with two attached hydrogens (primary N) is 1. The number of nitrogen functional groups attached to an aromatic ring is 1. The monoisotopic (exact) mass is 237 g/mol. The van der Waals surface area contributed by atoms with Gasteiger partial charge in [-0.15, -0.1) is 0 Å². The van der Waals surface area contributed by atoms with Gasteiger partial charge in [0.15, 0.2) is 0 Å². The molecular weight excluding hydrogens is 218 g/mol. The summed E-state index contributed by atoms with van der Waals surface area (Å²) >= 11 is 0. The van der Waals surface area contributed by atoms with Gasteiger partial charge in [0, 0.05) is 12.0 Å². The van der Waals surface area contributed by atoms with Crippen LogP contribution >= 0.6 is 0 Å². The summed E-state index contributed by atoms with van der Waals surface area (Å²) in [5.74, 6) is 7.64. The molecule has 1 aromatic heterocycles. The lowest BCUT2D eigenvalue weighted by Gasteiger charge is -2.17. The Bertz CT molecular complexity index is 403. The smallest absolute Gasteiger partial charge is 0.145 e. The Hall–Kier alpha value is -1.40. The van der Waals surface area contributed by atoms with Crippen LogP contribution in [0.5, 0.6) is 0 Å². The molecule has 1 fully saturated rings. The highest BCUT2D eigenvalue weighted by molar-refractivity contribution is 5.49. The maximum absolute atomic E-state index is 9.28. The minimum Gasteiger partial charge on any atom is -0.394 e. The topological polar surface area (TPSA) is 96.1 Å². The largest absolute Gasteiger partial charge is 0.394 e. The Morgan fingerprint density at radius 1 is 1.41 bits per heavy atom. The first-order valence-corrected chi connectivity index (χ1v) is 5.83. The second-order valence-corrected chi connectivity index (χ2v) is 4.86. The minimum absolute atomic E-state index is 0.124. The highest BCUT2D eigenvalue weighted by atomic mass is 16.3. The number of hydrogen-bond donors (Lipinski definition) is 4. The summed E-state index contributed by atoms with van der Waals surface area (Å²) in [6.07, 6.45) is 1.94. The lowest BCUT2D eigenvalue weighted by atomic mass is 10.2. The third-order valence-electron chi connectivity index (χ3n) is 2.96. The van der Waals surface area contributed by atoms with E-state index < -0.39 is 0 Å². The number of anilines is 2. The Kier molecular flexibility index (Phi) is 3.17. The molecule has 0 radical (unpaired) electrons. The molecule has 0 atom stereocenters. The fourth-order valence-corrected chi connectivity index (χ4v) is 1.61. The number of hydrazine groups is 1. The molecule has 1 heterocycles. The molecule has 6 heteroatoms. The lowest BCUT2D eigenvalue weighted by Crippen LogP contribution is -2.26. The Morgan fingerprint density at radius 2 is 2.06 bits per heavy atom. The van der Waals surface area contributed by atoms with E-state index in [0.717, 1.165) is 18.7 Å². The molecule has 0 spiro atoms. The average molecular weight is 237 g/mol. The third kappa shape index (κ3) is 2.65. The van der Waals surface area contributed by atoms with Crippen molar-refractivity contribution in [2.45, 2.75) is 38.1 Å². The Morgan fingerprint density at radius 3 is 2.53 bits per heavy atom. The van der Waals surface area contributed by atoms with Gasteiger partial charge in [-0.25, -0.2) is 15.8 Å². The Labute approximate surface area is 101 Å². The summed E-state index contributed by atoms with van der Waals surface area (Å²) < 4.78 is 0. The van der Waals surface area contributed by atoms with Crippen molar-refractivity contribution in [3.8, 4) is 0 Å². The van der Waals surface area contributed by atoms with Crippen molar-refractivity contribution in [1.29, 1.82) is 0 Å². The van der Waals surface area contributed by atoms with Crippen molar-refractivity contribution < 1.29 is 5.11 Å². The number of aliphatic hydroxyl groups is 1. The highest BCUT2D eigenvalue weighted by Crippen LogP contribution is 2.38. The van der Waals surface area contributed by atoms with Crippen LogP contribution in [-0.2, 0) is 0 Å². The molecule has 0 unspecified atom stereocenters. The number of nitrogens with one attached hydrogen (secondary N) is 2. The predicted molar refractivity (Wildman–Crippen MR) is 66.6 cm³/mol. The van der Waals surface area contributed by atoms with Crippen LogP contribution in [0.2, 0.25) is 0 Å². The second kappa shape index (κ2) is 4.46. The molecule has 0 aromatic carbocycles. The van der Waals surface area contributed by atoms with Gasteiger partial charge < -0.3 is 15.8 Å². The molecule has 94 valence electrons. The van der Waals surface area contributed by atoms with Gasteiger partial charge in [-0.3, -0.25) is 0 Å². The van der Waals surface area contributed by atoms with E-state index in [9.17, 15) is 5.11 Å². The quantitative estimate of drug-likeness (QED) is 0.447. The summed E-state index contributed by atoms with van der Waals surface area (Å²) in [5, 5.41) is 12.5. The average Bonchev–Trinajstić information content (AvgIpc) is 3.09. The van der Waals surface area contributed by atoms with E-state index >= 15 is 0 Å². The van der Waals surface area contributed by atoms with Crippen molar-refractivity contribution in [3.63, 3.8) is 0 Å². The number of aromatic nitrogens is 2. The molecule has 1 aliphatic carbocycles.